The van der Waals surface area contributed by atoms with Crippen LogP contribution in [0.5, 0.6) is 11.5 Å². The van der Waals surface area contributed by atoms with E-state index in [2.05, 4.69) is 25.6 Å². The van der Waals surface area contributed by atoms with Gasteiger partial charge >= 0.3 is 5.97 Å². The van der Waals surface area contributed by atoms with E-state index >= 15 is 0 Å². The molecule has 0 amide bonds. The van der Waals surface area contributed by atoms with Gasteiger partial charge < -0.3 is 19.3 Å². The number of aliphatic carboxylic acids is 1. The van der Waals surface area contributed by atoms with Crippen LogP contribution in [0.4, 0.5) is 4.39 Å². The first-order valence-electron chi connectivity index (χ1n) is 12.5. The summed E-state index contributed by atoms with van der Waals surface area (Å²) in [7, 11) is 3.09. The second-order valence-electron chi connectivity index (χ2n) is 9.61. The quantitative estimate of drug-likeness (QED) is 0.254. The number of aryl methyl sites for hydroxylation is 1. The van der Waals surface area contributed by atoms with Gasteiger partial charge in [0, 0.05) is 22.6 Å². The molecule has 0 saturated carbocycles. The van der Waals surface area contributed by atoms with Gasteiger partial charge in [0.25, 0.3) is 0 Å². The van der Waals surface area contributed by atoms with Crippen molar-refractivity contribution < 1.29 is 28.5 Å². The summed E-state index contributed by atoms with van der Waals surface area (Å²) in [5.74, 6) is 0.514. The number of aromatic nitrogens is 7. The lowest BCUT2D eigenvalue weighted by Crippen LogP contribution is -2.27. The maximum Gasteiger partial charge on any atom is 0.319 e. The smallest absolute Gasteiger partial charge is 0.319 e. The highest BCUT2D eigenvalue weighted by molar-refractivity contribution is 8.01. The molecule has 0 fully saturated rings. The van der Waals surface area contributed by atoms with Crippen LogP contribution in [0.2, 0.25) is 5.02 Å². The van der Waals surface area contributed by atoms with Crippen molar-refractivity contribution in [3.63, 3.8) is 0 Å². The monoisotopic (exact) mass is 603 g/mol. The van der Waals surface area contributed by atoms with Gasteiger partial charge in [-0.05, 0) is 43.3 Å². The Kier molecular flexibility index (Phi) is 8.16. The molecule has 0 saturated heterocycles. The fourth-order valence-corrected chi connectivity index (χ4v) is 5.49. The molecule has 2 aromatic heterocycles. The van der Waals surface area contributed by atoms with Crippen LogP contribution < -0.4 is 9.47 Å². The number of fused-ring (bicyclic) bond motifs is 3. The van der Waals surface area contributed by atoms with E-state index in [4.69, 9.17) is 25.8 Å². The molecule has 0 bridgehead atoms. The zero-order valence-corrected chi connectivity index (χ0v) is 24.2. The number of benzene rings is 2. The number of rotatable bonds is 10. The number of halogens is 2. The van der Waals surface area contributed by atoms with Crippen molar-refractivity contribution in [1.29, 1.82) is 0 Å². The average Bonchev–Trinajstić information content (AvgIpc) is 3.56. The van der Waals surface area contributed by atoms with Crippen molar-refractivity contribution in [2.24, 2.45) is 0 Å². The summed E-state index contributed by atoms with van der Waals surface area (Å²) in [6.45, 7) is 2.51. The van der Waals surface area contributed by atoms with Gasteiger partial charge in [0.15, 0.2) is 23.1 Å². The number of para-hydroxylation sites is 1. The number of carboxylic acid groups (broad SMARTS) is 1. The largest absolute Gasteiger partial charge is 0.493 e. The standard InChI is InChI=1S/C26H27ClFN7O5S/c1-26(2,24(36)37)41-25-31-33-34(32-25)11-10-19-23-30-29-20(13-28)35(23)17-9-8-14(27)12-16(17)21(40-19)15-6-5-7-18(38-3)22(15)39-4/h5-9,12,19,21H,10-11,13H2,1-4H3,(H,36,37)/t19-,21-/m1/s1. The summed E-state index contributed by atoms with van der Waals surface area (Å²) in [6.07, 6.45) is -1.11. The molecule has 0 spiro atoms. The molecule has 216 valence electrons. The lowest BCUT2D eigenvalue weighted by atomic mass is 9.98. The first kappa shape index (κ1) is 28.8. The number of nitrogens with zero attached hydrogens (tertiary/aromatic N) is 7. The first-order chi connectivity index (χ1) is 19.7. The van der Waals surface area contributed by atoms with E-state index in [9.17, 15) is 14.3 Å². The third kappa shape index (κ3) is 5.59. The molecule has 4 aromatic rings. The van der Waals surface area contributed by atoms with Crippen LogP contribution >= 0.6 is 23.4 Å². The highest BCUT2D eigenvalue weighted by Crippen LogP contribution is 2.46. The molecule has 0 radical (unpaired) electrons. The van der Waals surface area contributed by atoms with Crippen LogP contribution in [-0.2, 0) is 22.8 Å². The number of tetrazole rings is 1. The zero-order chi connectivity index (χ0) is 29.3. The fourth-order valence-electron chi connectivity index (χ4n) is 4.55. The van der Waals surface area contributed by atoms with Crippen molar-refractivity contribution >= 4 is 29.3 Å². The number of carbonyl (C=O) groups is 1. The molecule has 1 aliphatic heterocycles. The van der Waals surface area contributed by atoms with E-state index in [1.807, 2.05) is 12.1 Å². The Morgan fingerprint density at radius 1 is 1.17 bits per heavy atom. The molecule has 0 aliphatic carbocycles. The Morgan fingerprint density at radius 2 is 1.98 bits per heavy atom. The average molecular weight is 604 g/mol. The van der Waals surface area contributed by atoms with Crippen molar-refractivity contribution in [2.45, 2.75) is 55.6 Å². The lowest BCUT2D eigenvalue weighted by Gasteiger charge is -2.25. The molecule has 2 atom stereocenters. The Bertz CT molecular complexity index is 1580. The summed E-state index contributed by atoms with van der Waals surface area (Å²) in [6, 6.07) is 10.7. The van der Waals surface area contributed by atoms with Crippen LogP contribution in [0.3, 0.4) is 0 Å². The number of hydrogen-bond donors (Lipinski definition) is 1. The third-order valence-corrected chi connectivity index (χ3v) is 7.84. The number of thioether (sulfide) groups is 1. The molecule has 1 N–H and O–H groups in total. The number of ether oxygens (including phenoxy) is 3. The minimum atomic E-state index is -1.13. The maximum absolute atomic E-state index is 14.2. The van der Waals surface area contributed by atoms with E-state index in [0.29, 0.717) is 45.6 Å². The molecule has 3 heterocycles. The predicted molar refractivity (Wildman–Crippen MR) is 146 cm³/mol. The van der Waals surface area contributed by atoms with Gasteiger partial charge in [-0.15, -0.1) is 20.4 Å². The number of methoxy groups -OCH3 is 2. The minimum Gasteiger partial charge on any atom is -0.493 e. The van der Waals surface area contributed by atoms with Crippen molar-refractivity contribution in [3.05, 3.63) is 64.2 Å². The summed E-state index contributed by atoms with van der Waals surface area (Å²) in [4.78, 5) is 12.9. The van der Waals surface area contributed by atoms with Crippen LogP contribution in [0.1, 0.15) is 55.3 Å². The van der Waals surface area contributed by atoms with Gasteiger partial charge in [0.2, 0.25) is 5.16 Å². The fraction of sp³-hybridized carbons (Fsp3) is 0.385. The Morgan fingerprint density at radius 3 is 2.68 bits per heavy atom. The second-order valence-corrected chi connectivity index (χ2v) is 11.6. The van der Waals surface area contributed by atoms with Crippen LogP contribution in [-0.4, -0.2) is 65.0 Å². The summed E-state index contributed by atoms with van der Waals surface area (Å²) in [5, 5.41) is 30.9. The van der Waals surface area contributed by atoms with Crippen molar-refractivity contribution in [1.82, 2.24) is 35.0 Å². The summed E-state index contributed by atoms with van der Waals surface area (Å²) < 4.78 is 32.7. The Hall–Kier alpha value is -3.75. The van der Waals surface area contributed by atoms with Crippen LogP contribution in [0.15, 0.2) is 41.6 Å². The van der Waals surface area contributed by atoms with E-state index < -0.39 is 29.6 Å². The molecule has 12 nitrogen and oxygen atoms in total. The number of alkyl halides is 1. The molecule has 2 aromatic carbocycles. The van der Waals surface area contributed by atoms with E-state index in [-0.39, 0.29) is 17.5 Å². The molecule has 0 unspecified atom stereocenters. The minimum absolute atomic E-state index is 0.115. The molecular formula is C26H27ClFN7O5S. The van der Waals surface area contributed by atoms with Gasteiger partial charge in [0.1, 0.15) is 23.6 Å². The molecule has 5 rings (SSSR count). The third-order valence-electron chi connectivity index (χ3n) is 6.58. The molecule has 41 heavy (non-hydrogen) atoms. The summed E-state index contributed by atoms with van der Waals surface area (Å²) >= 11 is 7.43. The topological polar surface area (TPSA) is 139 Å². The summed E-state index contributed by atoms with van der Waals surface area (Å²) in [5.41, 5.74) is 1.96. The second kappa shape index (κ2) is 11.6. The van der Waals surface area contributed by atoms with E-state index in [1.165, 1.54) is 4.80 Å². The zero-order valence-electron chi connectivity index (χ0n) is 22.6. The molecular weight excluding hydrogens is 577 g/mol. The van der Waals surface area contributed by atoms with Gasteiger partial charge in [-0.2, -0.15) is 4.80 Å². The Balaban J connectivity index is 1.55. The highest BCUT2D eigenvalue weighted by Gasteiger charge is 2.36. The van der Waals surface area contributed by atoms with Crippen LogP contribution in [0.25, 0.3) is 5.69 Å². The highest BCUT2D eigenvalue weighted by atomic mass is 35.5. The lowest BCUT2D eigenvalue weighted by molar-refractivity contribution is -0.138. The van der Waals surface area contributed by atoms with Gasteiger partial charge in [0.05, 0.1) is 26.5 Å². The normalized spacial score (nSPS) is 16.5. The number of hydrogen-bond acceptors (Lipinski definition) is 10. The van der Waals surface area contributed by atoms with Crippen molar-refractivity contribution in [2.75, 3.05) is 14.2 Å². The Labute approximate surface area is 243 Å². The van der Waals surface area contributed by atoms with Crippen molar-refractivity contribution in [3.8, 4) is 17.2 Å². The molecule has 15 heteroatoms. The first-order valence-corrected chi connectivity index (χ1v) is 13.7. The van der Waals surface area contributed by atoms with Gasteiger partial charge in [-0.3, -0.25) is 9.36 Å². The van der Waals surface area contributed by atoms with Crippen LogP contribution in [0, 0.1) is 0 Å². The maximum atomic E-state index is 14.2. The predicted octanol–water partition coefficient (Wildman–Crippen LogP) is 4.60. The molecule has 1 aliphatic rings. The number of carboxylic acids is 1. The SMILES string of the molecule is COc1cccc([C@H]2O[C@H](CCn3nnc(SC(C)(C)C(=O)O)n3)c3nnc(CF)n3-c3ccc(Cl)cc32)c1OC. The van der Waals surface area contributed by atoms with E-state index in [0.717, 1.165) is 11.8 Å². The van der Waals surface area contributed by atoms with E-state index in [1.54, 1.807) is 56.9 Å². The van der Waals surface area contributed by atoms with Gasteiger partial charge in [-0.25, -0.2) is 4.39 Å². The van der Waals surface area contributed by atoms with Gasteiger partial charge in [-0.1, -0.05) is 35.5 Å².